The maximum atomic E-state index is 11.8. The van der Waals surface area contributed by atoms with Crippen LogP contribution < -0.4 is 5.32 Å². The first kappa shape index (κ1) is 15.0. The van der Waals surface area contributed by atoms with E-state index in [0.717, 1.165) is 28.7 Å². The Morgan fingerprint density at radius 3 is 2.67 bits per heavy atom. The first-order chi connectivity index (χ1) is 8.45. The van der Waals surface area contributed by atoms with Crippen LogP contribution in [-0.4, -0.2) is 19.6 Å². The fourth-order valence-electron chi connectivity index (χ4n) is 1.68. The summed E-state index contributed by atoms with van der Waals surface area (Å²) in [5.41, 5.74) is 2.41. The number of benzene rings is 1. The predicted octanol–water partition coefficient (Wildman–Crippen LogP) is 4.00. The highest BCUT2D eigenvalue weighted by atomic mass is 79.9. The summed E-state index contributed by atoms with van der Waals surface area (Å²) >= 11 is 3.49. The van der Waals surface area contributed by atoms with Gasteiger partial charge in [-0.05, 0) is 52.9 Å². The number of hydrogen-bond acceptors (Lipinski definition) is 3. The number of hydrogen-bond donors (Lipinski definition) is 1. The van der Waals surface area contributed by atoms with E-state index in [0.29, 0.717) is 11.5 Å². The molecule has 4 heteroatoms. The zero-order chi connectivity index (χ0) is 13.7. The molecule has 0 aromatic heterocycles. The third-order valence-electron chi connectivity index (χ3n) is 2.66. The molecule has 0 bridgehead atoms. The number of carbonyl (C=O) groups excluding carboxylic acids is 1. The number of nitrogens with one attached hydrogen (secondary N) is 1. The summed E-state index contributed by atoms with van der Waals surface area (Å²) in [6.45, 7) is 7.14. The molecule has 0 aliphatic carbocycles. The van der Waals surface area contributed by atoms with Gasteiger partial charge in [-0.3, -0.25) is 0 Å². The van der Waals surface area contributed by atoms with Crippen molar-refractivity contribution >= 4 is 27.6 Å². The number of carbonyl (C=O) groups is 1. The quantitative estimate of drug-likeness (QED) is 0.835. The summed E-state index contributed by atoms with van der Waals surface area (Å²) in [6.07, 6.45) is 1.06. The number of rotatable bonds is 5. The second-order valence-corrected chi connectivity index (χ2v) is 5.62. The molecule has 18 heavy (non-hydrogen) atoms. The summed E-state index contributed by atoms with van der Waals surface area (Å²) in [5.74, 6) is 0.315. The summed E-state index contributed by atoms with van der Waals surface area (Å²) in [5, 5.41) is 3.31. The van der Waals surface area contributed by atoms with Crippen molar-refractivity contribution in [2.75, 3.05) is 19.0 Å². The summed E-state index contributed by atoms with van der Waals surface area (Å²) in [6, 6.07) is 3.83. The molecule has 0 atom stereocenters. The highest BCUT2D eigenvalue weighted by molar-refractivity contribution is 9.10. The minimum Gasteiger partial charge on any atom is -0.465 e. The van der Waals surface area contributed by atoms with Crippen LogP contribution in [0.4, 0.5) is 5.69 Å². The van der Waals surface area contributed by atoms with Gasteiger partial charge in [-0.25, -0.2) is 4.79 Å². The fourth-order valence-corrected chi connectivity index (χ4v) is 2.39. The van der Waals surface area contributed by atoms with Crippen molar-refractivity contribution in [3.8, 4) is 0 Å². The van der Waals surface area contributed by atoms with Crippen LogP contribution in [0.5, 0.6) is 0 Å². The van der Waals surface area contributed by atoms with Crippen molar-refractivity contribution in [3.05, 3.63) is 27.7 Å². The average Bonchev–Trinajstić information content (AvgIpc) is 2.30. The average molecular weight is 314 g/mol. The Kier molecular flexibility index (Phi) is 5.66. The molecule has 1 N–H and O–H groups in total. The first-order valence-corrected chi connectivity index (χ1v) is 6.87. The van der Waals surface area contributed by atoms with Crippen molar-refractivity contribution in [3.63, 3.8) is 0 Å². The van der Waals surface area contributed by atoms with Gasteiger partial charge < -0.3 is 10.1 Å². The number of methoxy groups -OCH3 is 1. The number of esters is 1. The molecule has 0 spiro atoms. The van der Waals surface area contributed by atoms with Gasteiger partial charge in [0.2, 0.25) is 0 Å². The lowest BCUT2D eigenvalue weighted by atomic mass is 10.1. The lowest BCUT2D eigenvalue weighted by Gasteiger charge is -2.14. The van der Waals surface area contributed by atoms with E-state index in [1.807, 2.05) is 19.1 Å². The van der Waals surface area contributed by atoms with Gasteiger partial charge in [0.25, 0.3) is 0 Å². The standard InChI is InChI=1S/C14H20BrNO2/c1-9(2)5-6-16-13-11(14(17)18-4)7-10(3)8-12(13)15/h7-9,16H,5-6H2,1-4H3. The molecule has 0 heterocycles. The van der Waals surface area contributed by atoms with Crippen LogP contribution in [0.2, 0.25) is 0 Å². The molecule has 0 amide bonds. The second kappa shape index (κ2) is 6.78. The minimum absolute atomic E-state index is 0.313. The molecule has 100 valence electrons. The topological polar surface area (TPSA) is 38.3 Å². The Labute approximate surface area is 117 Å². The molecule has 1 aromatic carbocycles. The lowest BCUT2D eigenvalue weighted by molar-refractivity contribution is 0.0601. The Balaban J connectivity index is 2.96. The number of ether oxygens (including phenoxy) is 1. The van der Waals surface area contributed by atoms with Crippen LogP contribution in [0, 0.1) is 12.8 Å². The highest BCUT2D eigenvalue weighted by Crippen LogP contribution is 2.29. The molecule has 0 unspecified atom stereocenters. The summed E-state index contributed by atoms with van der Waals surface area (Å²) < 4.78 is 5.71. The molecule has 0 aliphatic heterocycles. The molecule has 0 aliphatic rings. The molecule has 0 saturated carbocycles. The van der Waals surface area contributed by atoms with E-state index in [4.69, 9.17) is 4.74 Å². The monoisotopic (exact) mass is 313 g/mol. The van der Waals surface area contributed by atoms with Crippen molar-refractivity contribution < 1.29 is 9.53 Å². The number of halogens is 1. The van der Waals surface area contributed by atoms with Gasteiger partial charge in [0.05, 0.1) is 18.4 Å². The minimum atomic E-state index is -0.313. The third kappa shape index (κ3) is 4.02. The van der Waals surface area contributed by atoms with Gasteiger partial charge in [-0.1, -0.05) is 13.8 Å². The molecule has 1 rings (SSSR count). The Morgan fingerprint density at radius 2 is 2.11 bits per heavy atom. The zero-order valence-electron chi connectivity index (χ0n) is 11.3. The zero-order valence-corrected chi connectivity index (χ0v) is 12.9. The number of aryl methyl sites for hydroxylation is 1. The highest BCUT2D eigenvalue weighted by Gasteiger charge is 2.15. The Morgan fingerprint density at radius 1 is 1.44 bits per heavy atom. The fraction of sp³-hybridized carbons (Fsp3) is 0.500. The van der Waals surface area contributed by atoms with E-state index in [1.165, 1.54) is 7.11 Å². The van der Waals surface area contributed by atoms with Crippen LogP contribution in [0.3, 0.4) is 0 Å². The van der Waals surface area contributed by atoms with E-state index < -0.39 is 0 Å². The molecular formula is C14H20BrNO2. The van der Waals surface area contributed by atoms with Crippen molar-refractivity contribution in [2.45, 2.75) is 27.2 Å². The van der Waals surface area contributed by atoms with Gasteiger partial charge in [0.15, 0.2) is 0 Å². The van der Waals surface area contributed by atoms with Gasteiger partial charge in [0, 0.05) is 11.0 Å². The van der Waals surface area contributed by atoms with E-state index >= 15 is 0 Å². The second-order valence-electron chi connectivity index (χ2n) is 4.77. The van der Waals surface area contributed by atoms with E-state index in [2.05, 4.69) is 35.1 Å². The smallest absolute Gasteiger partial charge is 0.340 e. The van der Waals surface area contributed by atoms with Crippen molar-refractivity contribution in [1.82, 2.24) is 0 Å². The van der Waals surface area contributed by atoms with Crippen LogP contribution in [-0.2, 0) is 4.74 Å². The van der Waals surface area contributed by atoms with Crippen LogP contribution in [0.15, 0.2) is 16.6 Å². The van der Waals surface area contributed by atoms with E-state index in [9.17, 15) is 4.79 Å². The largest absolute Gasteiger partial charge is 0.465 e. The lowest BCUT2D eigenvalue weighted by Crippen LogP contribution is -2.11. The van der Waals surface area contributed by atoms with Gasteiger partial charge in [-0.15, -0.1) is 0 Å². The molecule has 0 fully saturated rings. The summed E-state index contributed by atoms with van der Waals surface area (Å²) in [4.78, 5) is 11.8. The molecule has 1 aromatic rings. The third-order valence-corrected chi connectivity index (χ3v) is 3.29. The molecule has 0 saturated heterocycles. The van der Waals surface area contributed by atoms with E-state index in [-0.39, 0.29) is 5.97 Å². The van der Waals surface area contributed by atoms with Crippen molar-refractivity contribution in [1.29, 1.82) is 0 Å². The Bertz CT molecular complexity index is 430. The van der Waals surface area contributed by atoms with Crippen LogP contribution in [0.25, 0.3) is 0 Å². The summed E-state index contributed by atoms with van der Waals surface area (Å²) in [7, 11) is 1.40. The number of anilines is 1. The maximum Gasteiger partial charge on any atom is 0.340 e. The normalized spacial score (nSPS) is 10.6. The molecule has 0 radical (unpaired) electrons. The van der Waals surface area contributed by atoms with Crippen LogP contribution >= 0.6 is 15.9 Å². The van der Waals surface area contributed by atoms with Gasteiger partial charge in [0.1, 0.15) is 0 Å². The predicted molar refractivity (Wildman–Crippen MR) is 78.2 cm³/mol. The maximum absolute atomic E-state index is 11.8. The van der Waals surface area contributed by atoms with Crippen molar-refractivity contribution in [2.24, 2.45) is 5.92 Å². The Hall–Kier alpha value is -1.03. The SMILES string of the molecule is COC(=O)c1cc(C)cc(Br)c1NCCC(C)C. The van der Waals surface area contributed by atoms with Gasteiger partial charge >= 0.3 is 5.97 Å². The van der Waals surface area contributed by atoms with Crippen LogP contribution in [0.1, 0.15) is 36.2 Å². The first-order valence-electron chi connectivity index (χ1n) is 6.08. The van der Waals surface area contributed by atoms with Gasteiger partial charge in [-0.2, -0.15) is 0 Å². The molecule has 3 nitrogen and oxygen atoms in total. The van der Waals surface area contributed by atoms with E-state index in [1.54, 1.807) is 0 Å². The molecular weight excluding hydrogens is 294 g/mol.